The summed E-state index contributed by atoms with van der Waals surface area (Å²) < 4.78 is 15.7. The van der Waals surface area contributed by atoms with Crippen molar-refractivity contribution in [2.45, 2.75) is 44.3 Å². The molecule has 0 radical (unpaired) electrons. The van der Waals surface area contributed by atoms with Gasteiger partial charge in [0.2, 0.25) is 0 Å². The zero-order chi connectivity index (χ0) is 10.7. The largest absolute Gasteiger partial charge is 0.459 e. The number of carbonyl (C=O) groups is 1. The number of hydrogen-bond acceptors (Lipinski definition) is 4. The van der Waals surface area contributed by atoms with E-state index in [1.807, 2.05) is 0 Å². The molecule has 1 aliphatic carbocycles. The smallest absolute Gasteiger partial charge is 0.308 e. The van der Waals surface area contributed by atoms with Gasteiger partial charge in [-0.2, -0.15) is 0 Å². The third-order valence-electron chi connectivity index (χ3n) is 3.27. The number of rotatable bonds is 4. The molecule has 0 unspecified atom stereocenters. The summed E-state index contributed by atoms with van der Waals surface area (Å²) in [6.45, 7) is 0.241. The second kappa shape index (κ2) is 4.94. The molecule has 0 aromatic heterocycles. The quantitative estimate of drug-likeness (QED) is 0.525. The summed E-state index contributed by atoms with van der Waals surface area (Å²) in [7, 11) is 1.59. The van der Waals surface area contributed by atoms with E-state index in [0.29, 0.717) is 12.3 Å². The lowest BCUT2D eigenvalue weighted by Crippen LogP contribution is -2.31. The van der Waals surface area contributed by atoms with E-state index in [9.17, 15) is 4.79 Å². The molecule has 0 N–H and O–H groups in total. The van der Waals surface area contributed by atoms with Gasteiger partial charge in [-0.25, -0.2) is 0 Å². The molecule has 0 bridgehead atoms. The monoisotopic (exact) mass is 214 g/mol. The molecular formula is C11H18O4. The number of carbonyl (C=O) groups excluding carboxylic acids is 1. The van der Waals surface area contributed by atoms with Gasteiger partial charge in [0.25, 0.3) is 0 Å². The van der Waals surface area contributed by atoms with Crippen LogP contribution in [-0.2, 0) is 19.0 Å². The molecule has 2 atom stereocenters. The average Bonchev–Trinajstić information content (AvgIpc) is 2.83. The number of cyclic esters (lactones) is 1. The van der Waals surface area contributed by atoms with Crippen LogP contribution in [0.25, 0.3) is 0 Å². The molecule has 4 nitrogen and oxygen atoms in total. The van der Waals surface area contributed by atoms with Crippen LogP contribution in [0.15, 0.2) is 0 Å². The van der Waals surface area contributed by atoms with Crippen LogP contribution in [0.4, 0.5) is 0 Å². The molecule has 2 rings (SSSR count). The Balaban J connectivity index is 1.91. The highest BCUT2D eigenvalue weighted by Crippen LogP contribution is 2.35. The van der Waals surface area contributed by atoms with Crippen LogP contribution in [-0.4, -0.2) is 32.1 Å². The number of ether oxygens (including phenoxy) is 3. The third-order valence-corrected chi connectivity index (χ3v) is 3.27. The minimum absolute atomic E-state index is 0.0323. The van der Waals surface area contributed by atoms with Gasteiger partial charge >= 0.3 is 5.97 Å². The summed E-state index contributed by atoms with van der Waals surface area (Å²) in [5.74, 6) is 0.367. The summed E-state index contributed by atoms with van der Waals surface area (Å²) in [5, 5.41) is 0. The first-order valence-electron chi connectivity index (χ1n) is 5.61. The minimum Gasteiger partial charge on any atom is -0.459 e. The fraction of sp³-hybridized carbons (Fsp3) is 0.909. The molecule has 1 saturated heterocycles. The minimum atomic E-state index is -0.131. The molecule has 1 aliphatic heterocycles. The standard InChI is InChI=1S/C11H18O4/c1-13-7-14-9-6-10(12)15-11(9)8-4-2-3-5-8/h8-9,11H,2-7H2,1H3/t9-,11+/m0/s1. The SMILES string of the molecule is COCO[C@H]1CC(=O)O[C@@H]1C1CCCC1. The van der Waals surface area contributed by atoms with Gasteiger partial charge in [-0.1, -0.05) is 12.8 Å². The van der Waals surface area contributed by atoms with Gasteiger partial charge in [0.05, 0.1) is 6.42 Å². The van der Waals surface area contributed by atoms with E-state index in [1.165, 1.54) is 12.8 Å². The van der Waals surface area contributed by atoms with Crippen molar-refractivity contribution in [3.63, 3.8) is 0 Å². The highest BCUT2D eigenvalue weighted by Gasteiger charge is 2.41. The van der Waals surface area contributed by atoms with Crippen molar-refractivity contribution in [2.24, 2.45) is 5.92 Å². The maximum Gasteiger partial charge on any atom is 0.308 e. The molecule has 0 amide bonds. The van der Waals surface area contributed by atoms with Gasteiger partial charge < -0.3 is 14.2 Å². The van der Waals surface area contributed by atoms with Crippen LogP contribution >= 0.6 is 0 Å². The normalized spacial score (nSPS) is 32.2. The molecule has 1 heterocycles. The Bertz CT molecular complexity index is 223. The lowest BCUT2D eigenvalue weighted by atomic mass is 9.96. The van der Waals surface area contributed by atoms with Crippen molar-refractivity contribution in [3.05, 3.63) is 0 Å². The Kier molecular flexibility index (Phi) is 3.59. The molecule has 0 aromatic rings. The Morgan fingerprint density at radius 2 is 2.13 bits per heavy atom. The van der Waals surface area contributed by atoms with Gasteiger partial charge in [0.15, 0.2) is 0 Å². The molecule has 0 aromatic carbocycles. The van der Waals surface area contributed by atoms with Gasteiger partial charge in [-0.3, -0.25) is 4.79 Å². The maximum atomic E-state index is 11.2. The summed E-state index contributed by atoms with van der Waals surface area (Å²) in [6.07, 6.45) is 5.06. The average molecular weight is 214 g/mol. The Hall–Kier alpha value is -0.610. The van der Waals surface area contributed by atoms with Crippen LogP contribution in [0.1, 0.15) is 32.1 Å². The van der Waals surface area contributed by atoms with Crippen molar-refractivity contribution in [1.29, 1.82) is 0 Å². The number of esters is 1. The van der Waals surface area contributed by atoms with Crippen molar-refractivity contribution in [2.75, 3.05) is 13.9 Å². The van der Waals surface area contributed by atoms with Crippen molar-refractivity contribution >= 4 is 5.97 Å². The summed E-state index contributed by atoms with van der Waals surface area (Å²) in [6, 6.07) is 0. The highest BCUT2D eigenvalue weighted by molar-refractivity contribution is 5.72. The fourth-order valence-electron chi connectivity index (χ4n) is 2.55. The fourth-order valence-corrected chi connectivity index (χ4v) is 2.55. The van der Waals surface area contributed by atoms with Crippen LogP contribution in [0.2, 0.25) is 0 Å². The van der Waals surface area contributed by atoms with Gasteiger partial charge in [0, 0.05) is 7.11 Å². The van der Waals surface area contributed by atoms with E-state index in [1.54, 1.807) is 7.11 Å². The Labute approximate surface area is 89.9 Å². The summed E-state index contributed by atoms with van der Waals surface area (Å²) >= 11 is 0. The van der Waals surface area contributed by atoms with Crippen LogP contribution < -0.4 is 0 Å². The summed E-state index contributed by atoms with van der Waals surface area (Å²) in [4.78, 5) is 11.2. The van der Waals surface area contributed by atoms with Gasteiger partial charge in [0.1, 0.15) is 19.0 Å². The lowest BCUT2D eigenvalue weighted by Gasteiger charge is -2.22. The van der Waals surface area contributed by atoms with Crippen LogP contribution in [0, 0.1) is 5.92 Å². The third kappa shape index (κ3) is 2.49. The maximum absolute atomic E-state index is 11.2. The van der Waals surface area contributed by atoms with E-state index < -0.39 is 0 Å². The highest BCUT2D eigenvalue weighted by atomic mass is 16.7. The first-order valence-corrected chi connectivity index (χ1v) is 5.61. The topological polar surface area (TPSA) is 44.8 Å². The van der Waals surface area contributed by atoms with Crippen LogP contribution in [0.3, 0.4) is 0 Å². The molecule has 2 aliphatic rings. The van der Waals surface area contributed by atoms with Crippen molar-refractivity contribution < 1.29 is 19.0 Å². The van der Waals surface area contributed by atoms with Gasteiger partial charge in [-0.05, 0) is 18.8 Å². The van der Waals surface area contributed by atoms with E-state index in [0.717, 1.165) is 12.8 Å². The van der Waals surface area contributed by atoms with E-state index in [-0.39, 0.29) is 25.0 Å². The second-order valence-electron chi connectivity index (χ2n) is 4.31. The predicted molar refractivity (Wildman–Crippen MR) is 53.2 cm³/mol. The van der Waals surface area contributed by atoms with Gasteiger partial charge in [-0.15, -0.1) is 0 Å². The van der Waals surface area contributed by atoms with E-state index >= 15 is 0 Å². The molecule has 0 spiro atoms. The second-order valence-corrected chi connectivity index (χ2v) is 4.31. The zero-order valence-corrected chi connectivity index (χ0v) is 9.11. The van der Waals surface area contributed by atoms with Crippen molar-refractivity contribution in [1.82, 2.24) is 0 Å². The predicted octanol–water partition coefficient (Wildman–Crippen LogP) is 1.48. The summed E-state index contributed by atoms with van der Waals surface area (Å²) in [5.41, 5.74) is 0. The number of methoxy groups -OCH3 is 1. The Morgan fingerprint density at radius 3 is 2.80 bits per heavy atom. The van der Waals surface area contributed by atoms with Crippen molar-refractivity contribution in [3.8, 4) is 0 Å². The Morgan fingerprint density at radius 1 is 1.40 bits per heavy atom. The van der Waals surface area contributed by atoms with E-state index in [4.69, 9.17) is 14.2 Å². The first-order chi connectivity index (χ1) is 7.31. The number of hydrogen-bond donors (Lipinski definition) is 0. The zero-order valence-electron chi connectivity index (χ0n) is 9.11. The van der Waals surface area contributed by atoms with Crippen LogP contribution in [0.5, 0.6) is 0 Å². The molecule has 86 valence electrons. The molecule has 1 saturated carbocycles. The molecule has 2 fully saturated rings. The lowest BCUT2D eigenvalue weighted by molar-refractivity contribution is -0.145. The molecule has 15 heavy (non-hydrogen) atoms. The molecular weight excluding hydrogens is 196 g/mol. The molecule has 4 heteroatoms. The first kappa shape index (κ1) is 10.9. The van der Waals surface area contributed by atoms with E-state index in [2.05, 4.69) is 0 Å².